The van der Waals surface area contributed by atoms with Crippen LogP contribution in [0.3, 0.4) is 0 Å². The molecule has 2 unspecified atom stereocenters. The second-order valence-electron chi connectivity index (χ2n) is 6.01. The molecule has 0 aromatic heterocycles. The zero-order chi connectivity index (χ0) is 14.6. The Morgan fingerprint density at radius 3 is 2.50 bits per heavy atom. The standard InChI is InChI=1S/C17H35NO2/c1-4-13-18-16(12-9-14-19-3)17(20-5-2)15-10-7-6-8-11-15/h15-18H,4-14H2,1-3H3. The second-order valence-corrected chi connectivity index (χ2v) is 6.01. The van der Waals surface area contributed by atoms with Crippen molar-refractivity contribution in [3.8, 4) is 0 Å². The fraction of sp³-hybridized carbons (Fsp3) is 1.00. The average Bonchev–Trinajstić information content (AvgIpc) is 2.50. The third kappa shape index (κ3) is 6.55. The van der Waals surface area contributed by atoms with E-state index in [4.69, 9.17) is 9.47 Å². The summed E-state index contributed by atoms with van der Waals surface area (Å²) in [6.45, 7) is 7.13. The number of nitrogens with one attached hydrogen (secondary N) is 1. The number of rotatable bonds is 11. The molecule has 1 rings (SSSR count). The summed E-state index contributed by atoms with van der Waals surface area (Å²) < 4.78 is 11.4. The van der Waals surface area contributed by atoms with Crippen molar-refractivity contribution in [2.75, 3.05) is 26.9 Å². The van der Waals surface area contributed by atoms with Gasteiger partial charge in [-0.15, -0.1) is 0 Å². The van der Waals surface area contributed by atoms with Crippen molar-refractivity contribution < 1.29 is 9.47 Å². The zero-order valence-electron chi connectivity index (χ0n) is 13.8. The Kier molecular flexibility index (Phi) is 10.3. The van der Waals surface area contributed by atoms with Gasteiger partial charge in [0.25, 0.3) is 0 Å². The van der Waals surface area contributed by atoms with Gasteiger partial charge in [-0.3, -0.25) is 0 Å². The van der Waals surface area contributed by atoms with Gasteiger partial charge in [0, 0.05) is 26.4 Å². The van der Waals surface area contributed by atoms with Gasteiger partial charge < -0.3 is 14.8 Å². The summed E-state index contributed by atoms with van der Waals surface area (Å²) in [5.74, 6) is 0.751. The van der Waals surface area contributed by atoms with Gasteiger partial charge in [-0.1, -0.05) is 26.2 Å². The molecule has 1 N–H and O–H groups in total. The predicted octanol–water partition coefficient (Wildman–Crippen LogP) is 3.77. The van der Waals surface area contributed by atoms with Crippen LogP contribution in [0.4, 0.5) is 0 Å². The fourth-order valence-electron chi connectivity index (χ4n) is 3.40. The van der Waals surface area contributed by atoms with Gasteiger partial charge in [-0.25, -0.2) is 0 Å². The highest BCUT2D eigenvalue weighted by atomic mass is 16.5. The Hall–Kier alpha value is -0.120. The molecular weight excluding hydrogens is 250 g/mol. The first-order valence-electron chi connectivity index (χ1n) is 8.67. The maximum absolute atomic E-state index is 6.17. The predicted molar refractivity (Wildman–Crippen MR) is 85.2 cm³/mol. The van der Waals surface area contributed by atoms with Crippen LogP contribution in [0.2, 0.25) is 0 Å². The van der Waals surface area contributed by atoms with Crippen LogP contribution in [0.1, 0.15) is 65.2 Å². The summed E-state index contributed by atoms with van der Waals surface area (Å²) in [4.78, 5) is 0. The lowest BCUT2D eigenvalue weighted by molar-refractivity contribution is -0.0207. The van der Waals surface area contributed by atoms with Crippen molar-refractivity contribution in [2.24, 2.45) is 5.92 Å². The van der Waals surface area contributed by atoms with E-state index in [-0.39, 0.29) is 0 Å². The summed E-state index contributed by atoms with van der Waals surface area (Å²) >= 11 is 0. The highest BCUT2D eigenvalue weighted by molar-refractivity contribution is 4.85. The molecule has 20 heavy (non-hydrogen) atoms. The topological polar surface area (TPSA) is 30.5 Å². The first-order chi connectivity index (χ1) is 9.83. The van der Waals surface area contributed by atoms with Crippen LogP contribution in [0.15, 0.2) is 0 Å². The van der Waals surface area contributed by atoms with Gasteiger partial charge in [0.05, 0.1) is 6.10 Å². The van der Waals surface area contributed by atoms with E-state index in [1.165, 1.54) is 38.5 Å². The van der Waals surface area contributed by atoms with E-state index in [1.54, 1.807) is 7.11 Å². The molecule has 0 amide bonds. The maximum atomic E-state index is 6.17. The van der Waals surface area contributed by atoms with E-state index in [1.807, 2.05) is 0 Å². The molecule has 1 saturated carbocycles. The molecule has 3 nitrogen and oxygen atoms in total. The number of hydrogen-bond donors (Lipinski definition) is 1. The molecule has 0 radical (unpaired) electrons. The fourth-order valence-corrected chi connectivity index (χ4v) is 3.40. The lowest BCUT2D eigenvalue weighted by Crippen LogP contribution is -2.46. The maximum Gasteiger partial charge on any atom is 0.0755 e. The lowest BCUT2D eigenvalue weighted by Gasteiger charge is -2.36. The normalized spacial score (nSPS) is 19.9. The molecule has 0 aromatic carbocycles. The molecule has 0 saturated heterocycles. The van der Waals surface area contributed by atoms with Crippen LogP contribution >= 0.6 is 0 Å². The van der Waals surface area contributed by atoms with Gasteiger partial charge in [0.1, 0.15) is 0 Å². The Morgan fingerprint density at radius 2 is 1.90 bits per heavy atom. The van der Waals surface area contributed by atoms with E-state index in [0.717, 1.165) is 38.5 Å². The van der Waals surface area contributed by atoms with Crippen LogP contribution in [0, 0.1) is 5.92 Å². The summed E-state index contributed by atoms with van der Waals surface area (Å²) in [6.07, 6.45) is 10.7. The van der Waals surface area contributed by atoms with E-state index < -0.39 is 0 Å². The third-order valence-electron chi connectivity index (χ3n) is 4.39. The molecule has 1 aliphatic carbocycles. The molecule has 120 valence electrons. The first-order valence-corrected chi connectivity index (χ1v) is 8.67. The van der Waals surface area contributed by atoms with Gasteiger partial charge >= 0.3 is 0 Å². The quantitative estimate of drug-likeness (QED) is 0.586. The minimum absolute atomic E-state index is 0.392. The van der Waals surface area contributed by atoms with Gasteiger partial charge in [-0.05, 0) is 51.5 Å². The van der Waals surface area contributed by atoms with Crippen molar-refractivity contribution in [3.05, 3.63) is 0 Å². The van der Waals surface area contributed by atoms with Crippen molar-refractivity contribution in [2.45, 2.75) is 77.4 Å². The largest absolute Gasteiger partial charge is 0.385 e. The molecule has 0 aromatic rings. The smallest absolute Gasteiger partial charge is 0.0755 e. The monoisotopic (exact) mass is 285 g/mol. The van der Waals surface area contributed by atoms with Crippen molar-refractivity contribution >= 4 is 0 Å². The van der Waals surface area contributed by atoms with Crippen LogP contribution < -0.4 is 5.32 Å². The zero-order valence-corrected chi connectivity index (χ0v) is 13.8. The highest BCUT2D eigenvalue weighted by Crippen LogP contribution is 2.30. The average molecular weight is 285 g/mol. The summed E-state index contributed by atoms with van der Waals surface area (Å²) in [5, 5.41) is 3.73. The highest BCUT2D eigenvalue weighted by Gasteiger charge is 2.30. The Bertz CT molecular complexity index is 217. The summed E-state index contributed by atoms with van der Waals surface area (Å²) in [7, 11) is 1.79. The SMILES string of the molecule is CCCNC(CCCOC)C(OCC)C1CCCCC1. The number of methoxy groups -OCH3 is 1. The first kappa shape index (κ1) is 17.9. The van der Waals surface area contributed by atoms with Gasteiger partial charge in [-0.2, -0.15) is 0 Å². The molecule has 1 aliphatic rings. The van der Waals surface area contributed by atoms with E-state index in [0.29, 0.717) is 12.1 Å². The van der Waals surface area contributed by atoms with E-state index in [9.17, 15) is 0 Å². The van der Waals surface area contributed by atoms with Crippen molar-refractivity contribution in [1.29, 1.82) is 0 Å². The molecule has 0 bridgehead atoms. The molecule has 3 heteroatoms. The van der Waals surface area contributed by atoms with E-state index >= 15 is 0 Å². The van der Waals surface area contributed by atoms with Crippen LogP contribution in [-0.2, 0) is 9.47 Å². The minimum Gasteiger partial charge on any atom is -0.385 e. The second kappa shape index (κ2) is 11.5. The minimum atomic E-state index is 0.392. The van der Waals surface area contributed by atoms with Crippen molar-refractivity contribution in [1.82, 2.24) is 5.32 Å². The van der Waals surface area contributed by atoms with Crippen LogP contribution in [0.25, 0.3) is 0 Å². The van der Waals surface area contributed by atoms with Crippen LogP contribution in [-0.4, -0.2) is 39.0 Å². The van der Waals surface area contributed by atoms with E-state index in [2.05, 4.69) is 19.2 Å². The van der Waals surface area contributed by atoms with Gasteiger partial charge in [0.2, 0.25) is 0 Å². The molecule has 2 atom stereocenters. The summed E-state index contributed by atoms with van der Waals surface area (Å²) in [6, 6.07) is 0.494. The molecule has 0 aliphatic heterocycles. The number of ether oxygens (including phenoxy) is 2. The summed E-state index contributed by atoms with van der Waals surface area (Å²) in [5.41, 5.74) is 0. The lowest BCUT2D eigenvalue weighted by atomic mass is 9.81. The van der Waals surface area contributed by atoms with Crippen molar-refractivity contribution in [3.63, 3.8) is 0 Å². The number of hydrogen-bond acceptors (Lipinski definition) is 3. The Balaban J connectivity index is 2.57. The third-order valence-corrected chi connectivity index (χ3v) is 4.39. The Labute approximate surface area is 125 Å². The molecule has 0 heterocycles. The molecule has 0 spiro atoms. The molecule has 1 fully saturated rings. The molecular formula is C17H35NO2. The Morgan fingerprint density at radius 1 is 1.15 bits per heavy atom. The van der Waals surface area contributed by atoms with Gasteiger partial charge in [0.15, 0.2) is 0 Å². The van der Waals surface area contributed by atoms with Crippen LogP contribution in [0.5, 0.6) is 0 Å².